The number of alkyl halides is 1. The van der Waals surface area contributed by atoms with Crippen molar-refractivity contribution in [1.29, 1.82) is 0 Å². The van der Waals surface area contributed by atoms with Crippen LogP contribution >= 0.6 is 0 Å². The molecule has 1 atom stereocenters. The number of hydrogen-bond acceptors (Lipinski definition) is 6. The lowest BCUT2D eigenvalue weighted by molar-refractivity contribution is 0.0600. The van der Waals surface area contributed by atoms with Gasteiger partial charge in [0.05, 0.1) is 31.0 Å². The summed E-state index contributed by atoms with van der Waals surface area (Å²) < 4.78 is 24.5. The Hall–Kier alpha value is -3.88. The van der Waals surface area contributed by atoms with Crippen LogP contribution in [-0.2, 0) is 17.8 Å². The maximum Gasteiger partial charge on any atom is 0.337 e. The van der Waals surface area contributed by atoms with Gasteiger partial charge in [-0.1, -0.05) is 24.3 Å². The number of aromatic nitrogens is 2. The van der Waals surface area contributed by atoms with Crippen molar-refractivity contribution in [2.24, 2.45) is 0 Å². The second-order valence-corrected chi connectivity index (χ2v) is 8.42. The molecule has 9 heteroatoms. The third-order valence-corrected chi connectivity index (χ3v) is 6.01. The number of halogens is 1. The molecule has 2 heterocycles. The quantitative estimate of drug-likeness (QED) is 0.469. The summed E-state index contributed by atoms with van der Waals surface area (Å²) in [5.41, 5.74) is 3.53. The molecule has 0 radical (unpaired) electrons. The van der Waals surface area contributed by atoms with Crippen molar-refractivity contribution in [2.75, 3.05) is 31.8 Å². The predicted octanol–water partition coefficient (Wildman–Crippen LogP) is 3.84. The summed E-state index contributed by atoms with van der Waals surface area (Å²) in [6.07, 6.45) is 0. The summed E-state index contributed by atoms with van der Waals surface area (Å²) >= 11 is 0. The van der Waals surface area contributed by atoms with Gasteiger partial charge in [0.1, 0.15) is 30.4 Å². The van der Waals surface area contributed by atoms with E-state index in [0.29, 0.717) is 35.7 Å². The van der Waals surface area contributed by atoms with E-state index < -0.39 is 12.6 Å². The Morgan fingerprint density at radius 2 is 1.94 bits per heavy atom. The molecule has 184 valence electrons. The molecule has 1 aliphatic rings. The summed E-state index contributed by atoms with van der Waals surface area (Å²) in [6, 6.07) is 14.2. The van der Waals surface area contributed by atoms with Crippen LogP contribution in [0.25, 0.3) is 0 Å². The number of aryl methyl sites for hydroxylation is 1. The highest BCUT2D eigenvalue weighted by Gasteiger charge is 2.30. The Balaban J connectivity index is 1.50. The average Bonchev–Trinajstić information content (AvgIpc) is 3.40. The maximum absolute atomic E-state index is 13.3. The maximum atomic E-state index is 13.3. The lowest BCUT2D eigenvalue weighted by Crippen LogP contribution is -2.29. The highest BCUT2D eigenvalue weighted by molar-refractivity contribution is 6.00. The molecule has 3 aromatic rings. The van der Waals surface area contributed by atoms with E-state index in [-0.39, 0.29) is 18.6 Å². The minimum absolute atomic E-state index is 0.0209. The smallest absolute Gasteiger partial charge is 0.337 e. The fourth-order valence-corrected chi connectivity index (χ4v) is 4.28. The number of rotatable bonds is 9. The van der Waals surface area contributed by atoms with Crippen molar-refractivity contribution in [3.8, 4) is 5.75 Å². The fraction of sp³-hybridized carbons (Fsp3) is 0.346. The van der Waals surface area contributed by atoms with Crippen LogP contribution in [0.3, 0.4) is 0 Å². The molecule has 1 aliphatic heterocycles. The Morgan fingerprint density at radius 1 is 1.17 bits per heavy atom. The first kappa shape index (κ1) is 24.3. The summed E-state index contributed by atoms with van der Waals surface area (Å²) in [4.78, 5) is 27.1. The predicted molar refractivity (Wildman–Crippen MR) is 130 cm³/mol. The molecule has 0 bridgehead atoms. The fourth-order valence-electron chi connectivity index (χ4n) is 4.28. The van der Waals surface area contributed by atoms with Gasteiger partial charge in [-0.3, -0.25) is 4.79 Å². The molecule has 35 heavy (non-hydrogen) atoms. The standard InChI is InChI=1S/C26H29FN4O4/c1-17(20-7-9-21(10-8-20)26(33)34-3)28-24(32)23-18(2)29-31-13-12-30(25(23)31)16-19-5-4-6-22(15-19)35-14-11-27/h4-10,15,17H,11-14,16H2,1-3H3,(H,28,32)/t17-/m0/s1. The van der Waals surface area contributed by atoms with Crippen LogP contribution < -0.4 is 15.0 Å². The van der Waals surface area contributed by atoms with Gasteiger partial charge >= 0.3 is 5.97 Å². The second-order valence-electron chi connectivity index (χ2n) is 8.42. The molecular formula is C26H29FN4O4. The molecule has 1 aromatic heterocycles. The van der Waals surface area contributed by atoms with Crippen LogP contribution in [-0.4, -0.2) is 48.6 Å². The lowest BCUT2D eigenvalue weighted by Gasteiger charge is -2.21. The average molecular weight is 481 g/mol. The van der Waals surface area contributed by atoms with Gasteiger partial charge in [0.25, 0.3) is 5.91 Å². The van der Waals surface area contributed by atoms with Crippen LogP contribution in [0.1, 0.15) is 50.5 Å². The van der Waals surface area contributed by atoms with Crippen LogP contribution in [0.4, 0.5) is 10.2 Å². The number of nitrogens with zero attached hydrogens (tertiary/aromatic N) is 3. The highest BCUT2D eigenvalue weighted by atomic mass is 19.1. The van der Waals surface area contributed by atoms with Crippen LogP contribution in [0.2, 0.25) is 0 Å². The number of amides is 1. The minimum atomic E-state index is -0.541. The van der Waals surface area contributed by atoms with Gasteiger partial charge in [-0.25, -0.2) is 13.9 Å². The largest absolute Gasteiger partial charge is 0.491 e. The Labute approximate surface area is 203 Å². The van der Waals surface area contributed by atoms with Crippen LogP contribution in [0, 0.1) is 6.92 Å². The van der Waals surface area contributed by atoms with Gasteiger partial charge in [-0.15, -0.1) is 0 Å². The van der Waals surface area contributed by atoms with Crippen molar-refractivity contribution < 1.29 is 23.5 Å². The number of hydrogen-bond donors (Lipinski definition) is 1. The molecule has 0 unspecified atom stereocenters. The van der Waals surface area contributed by atoms with E-state index >= 15 is 0 Å². The monoisotopic (exact) mass is 480 g/mol. The zero-order valence-electron chi connectivity index (χ0n) is 20.1. The third kappa shape index (κ3) is 5.29. The molecule has 0 spiro atoms. The molecule has 1 N–H and O–H groups in total. The summed E-state index contributed by atoms with van der Waals surface area (Å²) in [5.74, 6) is 0.788. The van der Waals surface area contributed by atoms with Gasteiger partial charge in [-0.05, 0) is 49.2 Å². The van der Waals surface area contributed by atoms with Crippen molar-refractivity contribution in [3.05, 3.63) is 76.5 Å². The number of benzene rings is 2. The first-order valence-corrected chi connectivity index (χ1v) is 11.5. The summed E-state index contributed by atoms with van der Waals surface area (Å²) in [5, 5.41) is 7.64. The van der Waals surface area contributed by atoms with E-state index in [1.165, 1.54) is 7.11 Å². The van der Waals surface area contributed by atoms with Crippen molar-refractivity contribution in [1.82, 2.24) is 15.1 Å². The van der Waals surface area contributed by atoms with Crippen LogP contribution in [0.15, 0.2) is 48.5 Å². The molecule has 0 saturated carbocycles. The second kappa shape index (κ2) is 10.6. The van der Waals surface area contributed by atoms with E-state index in [1.807, 2.05) is 36.7 Å². The van der Waals surface area contributed by atoms with E-state index in [0.717, 1.165) is 23.5 Å². The zero-order valence-corrected chi connectivity index (χ0v) is 20.1. The molecule has 4 rings (SSSR count). The SMILES string of the molecule is COC(=O)c1ccc([C@H](C)NC(=O)c2c(C)nn3c2N(Cc2cccc(OCCF)c2)CC3)cc1. The Morgan fingerprint density at radius 3 is 2.66 bits per heavy atom. The molecule has 0 fully saturated rings. The number of esters is 1. The lowest BCUT2D eigenvalue weighted by atomic mass is 10.1. The molecule has 2 aromatic carbocycles. The normalized spacial score (nSPS) is 13.3. The summed E-state index contributed by atoms with van der Waals surface area (Å²) in [7, 11) is 1.34. The molecule has 1 amide bonds. The number of anilines is 1. The number of ether oxygens (including phenoxy) is 2. The third-order valence-electron chi connectivity index (χ3n) is 6.01. The van der Waals surface area contributed by atoms with Crippen molar-refractivity contribution in [3.63, 3.8) is 0 Å². The van der Waals surface area contributed by atoms with E-state index in [2.05, 4.69) is 15.3 Å². The van der Waals surface area contributed by atoms with E-state index in [1.54, 1.807) is 30.3 Å². The van der Waals surface area contributed by atoms with Crippen LogP contribution in [0.5, 0.6) is 5.75 Å². The van der Waals surface area contributed by atoms with Gasteiger partial charge in [0.15, 0.2) is 0 Å². The first-order chi connectivity index (χ1) is 16.9. The van der Waals surface area contributed by atoms with E-state index in [9.17, 15) is 14.0 Å². The zero-order chi connectivity index (χ0) is 24.9. The van der Waals surface area contributed by atoms with Crippen molar-refractivity contribution in [2.45, 2.75) is 33.0 Å². The topological polar surface area (TPSA) is 85.7 Å². The Kier molecular flexibility index (Phi) is 7.33. The minimum Gasteiger partial charge on any atom is -0.491 e. The summed E-state index contributed by atoms with van der Waals surface area (Å²) in [6.45, 7) is 5.19. The van der Waals surface area contributed by atoms with E-state index in [4.69, 9.17) is 9.47 Å². The van der Waals surface area contributed by atoms with Gasteiger partial charge in [0, 0.05) is 13.1 Å². The van der Waals surface area contributed by atoms with Gasteiger partial charge in [0.2, 0.25) is 0 Å². The van der Waals surface area contributed by atoms with Gasteiger partial charge in [-0.2, -0.15) is 5.10 Å². The molecular weight excluding hydrogens is 451 g/mol. The number of nitrogens with one attached hydrogen (secondary N) is 1. The highest BCUT2D eigenvalue weighted by Crippen LogP contribution is 2.31. The number of carbonyl (C=O) groups excluding carboxylic acids is 2. The Bertz CT molecular complexity index is 1210. The first-order valence-electron chi connectivity index (χ1n) is 11.5. The van der Waals surface area contributed by atoms with Crippen molar-refractivity contribution >= 4 is 17.7 Å². The molecule has 8 nitrogen and oxygen atoms in total. The molecule has 0 saturated heterocycles. The number of methoxy groups -OCH3 is 1. The number of fused-ring (bicyclic) bond motifs is 1. The molecule has 0 aliphatic carbocycles. The van der Waals surface area contributed by atoms with Gasteiger partial charge < -0.3 is 19.7 Å². The number of carbonyl (C=O) groups is 2.